The van der Waals surface area contributed by atoms with Gasteiger partial charge in [-0.15, -0.1) is 0 Å². The van der Waals surface area contributed by atoms with Crippen molar-refractivity contribution in [1.29, 1.82) is 0 Å². The molecule has 1 aliphatic carbocycles. The summed E-state index contributed by atoms with van der Waals surface area (Å²) in [4.78, 5) is 11.0. The average molecular weight is 156 g/mol. The van der Waals surface area contributed by atoms with Crippen LogP contribution in [-0.4, -0.2) is 27.6 Å². The van der Waals surface area contributed by atoms with Crippen molar-refractivity contribution in [3.63, 3.8) is 0 Å². The van der Waals surface area contributed by atoms with E-state index in [-0.39, 0.29) is 11.4 Å². The van der Waals surface area contributed by atoms with Crippen LogP contribution in [0.3, 0.4) is 0 Å². The van der Waals surface area contributed by atoms with Crippen LogP contribution in [0.1, 0.15) is 19.3 Å². The van der Waals surface area contributed by atoms with Crippen molar-refractivity contribution in [3.05, 3.63) is 0 Å². The topological polar surface area (TPSA) is 82.2 Å². The van der Waals surface area contributed by atoms with Gasteiger partial charge < -0.3 is 10.4 Å². The molecule has 5 nitrogen and oxygen atoms in total. The molecule has 1 saturated carbocycles. The number of rotatable bonds is 0. The van der Waals surface area contributed by atoms with E-state index in [4.69, 9.17) is 10.4 Å². The number of carbonyl (C=O) groups is 1. The van der Waals surface area contributed by atoms with Gasteiger partial charge in [-0.25, -0.2) is 0 Å². The van der Waals surface area contributed by atoms with Crippen LogP contribution in [0.25, 0.3) is 0 Å². The number of Topliss-reactive ketones (excluding diaryl/α,β-unsaturated/α-hetero) is 1. The first kappa shape index (κ1) is 7.71. The average Bonchev–Trinajstić information content (AvgIpc) is 2.05. The maximum Gasteiger partial charge on any atom is 0.228 e. The molecule has 1 aliphatic rings. The Kier molecular flexibility index (Phi) is 2.20. The molecule has 1 rings (SSSR count). The first-order valence-electron chi connectivity index (χ1n) is 3.26. The van der Waals surface area contributed by atoms with Crippen molar-refractivity contribution in [2.45, 2.75) is 19.3 Å². The van der Waals surface area contributed by atoms with Crippen LogP contribution in [0.5, 0.6) is 0 Å². The third-order valence-corrected chi connectivity index (χ3v) is 1.59. The van der Waals surface area contributed by atoms with Crippen molar-refractivity contribution in [3.8, 4) is 0 Å². The van der Waals surface area contributed by atoms with Gasteiger partial charge in [0, 0.05) is 0 Å². The fourth-order valence-corrected chi connectivity index (χ4v) is 1.01. The molecule has 5 heteroatoms. The van der Waals surface area contributed by atoms with Gasteiger partial charge in [-0.2, -0.15) is 0 Å². The maximum absolute atomic E-state index is 11.0. The Morgan fingerprint density at radius 3 is 1.91 bits per heavy atom. The first-order chi connectivity index (χ1) is 5.29. The lowest BCUT2D eigenvalue weighted by Crippen LogP contribution is -2.28. The van der Waals surface area contributed by atoms with E-state index in [0.717, 1.165) is 0 Å². The molecular weight excluding hydrogens is 148 g/mol. The Hall–Kier alpha value is -1.39. The third-order valence-electron chi connectivity index (χ3n) is 1.59. The number of ketones is 1. The van der Waals surface area contributed by atoms with E-state index in [1.165, 1.54) is 0 Å². The Morgan fingerprint density at radius 1 is 1.09 bits per heavy atom. The maximum atomic E-state index is 11.0. The largest absolute Gasteiger partial charge is 0.411 e. The van der Waals surface area contributed by atoms with E-state index in [2.05, 4.69) is 10.3 Å². The molecule has 0 atom stereocenters. The molecule has 1 fully saturated rings. The Morgan fingerprint density at radius 2 is 1.55 bits per heavy atom. The molecule has 0 spiro atoms. The highest BCUT2D eigenvalue weighted by Gasteiger charge is 2.24. The molecule has 0 aromatic rings. The van der Waals surface area contributed by atoms with Crippen LogP contribution in [0.15, 0.2) is 10.3 Å². The Bertz CT molecular complexity index is 210. The molecular formula is C6H8N2O3. The van der Waals surface area contributed by atoms with Crippen molar-refractivity contribution < 1.29 is 15.2 Å². The summed E-state index contributed by atoms with van der Waals surface area (Å²) in [5.41, 5.74) is 0.146. The molecule has 0 bridgehead atoms. The molecule has 0 unspecified atom stereocenters. The lowest BCUT2D eigenvalue weighted by molar-refractivity contribution is -0.108. The van der Waals surface area contributed by atoms with Gasteiger partial charge in [-0.1, -0.05) is 10.3 Å². The highest BCUT2D eigenvalue weighted by Crippen LogP contribution is 2.09. The second kappa shape index (κ2) is 3.14. The van der Waals surface area contributed by atoms with Crippen LogP contribution < -0.4 is 0 Å². The van der Waals surface area contributed by atoms with Crippen molar-refractivity contribution in [1.82, 2.24) is 0 Å². The zero-order chi connectivity index (χ0) is 8.27. The van der Waals surface area contributed by atoms with Gasteiger partial charge in [0.05, 0.1) is 0 Å². The van der Waals surface area contributed by atoms with Gasteiger partial charge in [0.15, 0.2) is 0 Å². The molecule has 11 heavy (non-hydrogen) atoms. The predicted octanol–water partition coefficient (Wildman–Crippen LogP) is 0.400. The highest BCUT2D eigenvalue weighted by atomic mass is 16.4. The lowest BCUT2D eigenvalue weighted by Gasteiger charge is -2.09. The summed E-state index contributed by atoms with van der Waals surface area (Å²) in [6.07, 6.45) is 1.59. The van der Waals surface area contributed by atoms with Gasteiger partial charge in [-0.3, -0.25) is 4.79 Å². The van der Waals surface area contributed by atoms with Gasteiger partial charge in [0.2, 0.25) is 5.78 Å². The highest BCUT2D eigenvalue weighted by molar-refractivity contribution is 6.67. The fraction of sp³-hybridized carbons (Fsp3) is 0.500. The van der Waals surface area contributed by atoms with E-state index in [9.17, 15) is 4.79 Å². The normalized spacial score (nSPS) is 26.4. The molecule has 0 aliphatic heterocycles. The van der Waals surface area contributed by atoms with E-state index in [0.29, 0.717) is 19.3 Å². The standard InChI is InChI=1S/C6H8N2O3/c9-6-4(7-10)2-1-3-5(6)8-11/h10-11H,1-3H2. The summed E-state index contributed by atoms with van der Waals surface area (Å²) in [5.74, 6) is -0.457. The molecule has 0 saturated heterocycles. The van der Waals surface area contributed by atoms with Crippen molar-refractivity contribution >= 4 is 17.2 Å². The minimum Gasteiger partial charge on any atom is -0.411 e. The summed E-state index contributed by atoms with van der Waals surface area (Å²) in [6, 6.07) is 0. The van der Waals surface area contributed by atoms with Crippen LogP contribution in [0.2, 0.25) is 0 Å². The third kappa shape index (κ3) is 1.36. The number of nitrogens with zero attached hydrogens (tertiary/aromatic N) is 2. The first-order valence-corrected chi connectivity index (χ1v) is 3.26. The number of hydrogen-bond donors (Lipinski definition) is 2. The second-order valence-electron chi connectivity index (χ2n) is 2.28. The van der Waals surface area contributed by atoms with Gasteiger partial charge in [0.1, 0.15) is 11.4 Å². The molecule has 0 aromatic carbocycles. The van der Waals surface area contributed by atoms with E-state index >= 15 is 0 Å². The molecule has 0 amide bonds. The summed E-state index contributed by atoms with van der Waals surface area (Å²) < 4.78 is 0. The van der Waals surface area contributed by atoms with Crippen LogP contribution in [0, 0.1) is 0 Å². The van der Waals surface area contributed by atoms with Crippen molar-refractivity contribution in [2.75, 3.05) is 0 Å². The summed E-state index contributed by atoms with van der Waals surface area (Å²) in [7, 11) is 0. The lowest BCUT2D eigenvalue weighted by atomic mass is 9.95. The Balaban J connectivity index is 2.84. The number of carbonyl (C=O) groups excluding carboxylic acids is 1. The smallest absolute Gasteiger partial charge is 0.228 e. The van der Waals surface area contributed by atoms with Gasteiger partial charge >= 0.3 is 0 Å². The zero-order valence-corrected chi connectivity index (χ0v) is 5.82. The number of oxime groups is 2. The number of hydrogen-bond acceptors (Lipinski definition) is 5. The fourth-order valence-electron chi connectivity index (χ4n) is 1.01. The SMILES string of the molecule is O=C1C(=NO)CCCC1=NO. The summed E-state index contributed by atoms with van der Waals surface area (Å²) >= 11 is 0. The van der Waals surface area contributed by atoms with E-state index in [1.54, 1.807) is 0 Å². The molecule has 0 heterocycles. The van der Waals surface area contributed by atoms with Crippen LogP contribution >= 0.6 is 0 Å². The molecule has 2 N–H and O–H groups in total. The summed E-state index contributed by atoms with van der Waals surface area (Å²) in [5, 5.41) is 22.2. The van der Waals surface area contributed by atoms with Crippen LogP contribution in [-0.2, 0) is 4.79 Å². The quantitative estimate of drug-likeness (QED) is 0.393. The van der Waals surface area contributed by atoms with Gasteiger partial charge in [-0.05, 0) is 19.3 Å². The second-order valence-corrected chi connectivity index (χ2v) is 2.28. The molecule has 0 radical (unpaired) electrons. The molecule has 0 aromatic heterocycles. The van der Waals surface area contributed by atoms with E-state index < -0.39 is 5.78 Å². The van der Waals surface area contributed by atoms with Crippen LogP contribution in [0.4, 0.5) is 0 Å². The monoisotopic (exact) mass is 156 g/mol. The molecule has 60 valence electrons. The van der Waals surface area contributed by atoms with Crippen molar-refractivity contribution in [2.24, 2.45) is 10.3 Å². The minimum absolute atomic E-state index is 0.0732. The minimum atomic E-state index is -0.457. The summed E-state index contributed by atoms with van der Waals surface area (Å²) in [6.45, 7) is 0. The predicted molar refractivity (Wildman–Crippen MR) is 37.3 cm³/mol. The van der Waals surface area contributed by atoms with Gasteiger partial charge in [0.25, 0.3) is 0 Å². The van der Waals surface area contributed by atoms with E-state index in [1.807, 2.05) is 0 Å². The Labute approximate surface area is 63.0 Å². The zero-order valence-electron chi connectivity index (χ0n) is 5.82.